The summed E-state index contributed by atoms with van der Waals surface area (Å²) in [6.45, 7) is 0.514. The van der Waals surface area contributed by atoms with E-state index in [-0.39, 0.29) is 18.1 Å². The third-order valence-electron chi connectivity index (χ3n) is 3.75. The molecule has 0 spiro atoms. The van der Waals surface area contributed by atoms with Crippen molar-refractivity contribution < 1.29 is 9.90 Å². The number of carbonyl (C=O) groups is 1. The van der Waals surface area contributed by atoms with E-state index in [1.807, 2.05) is 34.9 Å². The maximum Gasteiger partial charge on any atom is 0.173 e. The van der Waals surface area contributed by atoms with Gasteiger partial charge in [-0.1, -0.05) is 53.7 Å². The largest absolute Gasteiger partial charge is 0.390 e. The zero-order chi connectivity index (χ0) is 17.6. The fourth-order valence-corrected chi connectivity index (χ4v) is 3.44. The molecule has 128 valence electrons. The molecule has 0 aliphatic carbocycles. The Balaban J connectivity index is 1.73. The molecule has 1 aromatic heterocycles. The maximum absolute atomic E-state index is 12.3. The van der Waals surface area contributed by atoms with Crippen LogP contribution in [0.2, 0.25) is 5.02 Å². The van der Waals surface area contributed by atoms with E-state index in [1.165, 1.54) is 11.8 Å². The number of aliphatic hydroxyl groups excluding tert-OH is 1. The molecule has 0 radical (unpaired) electrons. The monoisotopic (exact) mass is 372 g/mol. The molecule has 0 unspecified atom stereocenters. The van der Waals surface area contributed by atoms with Gasteiger partial charge in [0.2, 0.25) is 0 Å². The molecule has 2 aromatic carbocycles. The Hall–Kier alpha value is -2.08. The van der Waals surface area contributed by atoms with Crippen LogP contribution in [-0.4, -0.2) is 26.2 Å². The summed E-state index contributed by atoms with van der Waals surface area (Å²) in [6, 6.07) is 16.8. The highest BCUT2D eigenvalue weighted by molar-refractivity contribution is 7.99. The number of ketones is 1. The Bertz CT molecular complexity index is 848. The van der Waals surface area contributed by atoms with Crippen molar-refractivity contribution in [3.63, 3.8) is 0 Å². The van der Waals surface area contributed by atoms with E-state index in [2.05, 4.69) is 4.98 Å². The van der Waals surface area contributed by atoms with Crippen LogP contribution in [0.15, 0.2) is 66.0 Å². The van der Waals surface area contributed by atoms with Gasteiger partial charge in [-0.15, -0.1) is 0 Å². The molecule has 0 aliphatic rings. The standard InChI is InChI=1S/C19H17ClN2O2S/c20-16-8-6-15(7-9-16)18(24)13-25-19-21-10-17(12-23)22(19)11-14-4-2-1-3-5-14/h1-10,23H,11-13H2. The highest BCUT2D eigenvalue weighted by Crippen LogP contribution is 2.22. The van der Waals surface area contributed by atoms with Gasteiger partial charge in [-0.3, -0.25) is 4.79 Å². The van der Waals surface area contributed by atoms with E-state index in [4.69, 9.17) is 11.6 Å². The van der Waals surface area contributed by atoms with Crippen LogP contribution < -0.4 is 0 Å². The average Bonchev–Trinajstić information content (AvgIpc) is 3.03. The minimum atomic E-state index is -0.0917. The van der Waals surface area contributed by atoms with E-state index in [0.717, 1.165) is 16.4 Å². The van der Waals surface area contributed by atoms with E-state index >= 15 is 0 Å². The van der Waals surface area contributed by atoms with Crippen LogP contribution >= 0.6 is 23.4 Å². The molecule has 0 fully saturated rings. The molecule has 6 heteroatoms. The number of hydrogen-bond acceptors (Lipinski definition) is 4. The second kappa shape index (κ2) is 8.34. The lowest BCUT2D eigenvalue weighted by Gasteiger charge is -2.10. The molecule has 0 aliphatic heterocycles. The predicted molar refractivity (Wildman–Crippen MR) is 100 cm³/mol. The van der Waals surface area contributed by atoms with Crippen molar-refractivity contribution >= 4 is 29.1 Å². The minimum absolute atomic E-state index is 0.0153. The summed E-state index contributed by atoms with van der Waals surface area (Å²) in [7, 11) is 0. The number of Topliss-reactive ketones (excluding diaryl/α,β-unsaturated/α-hetero) is 1. The van der Waals surface area contributed by atoms with Gasteiger partial charge in [-0.2, -0.15) is 0 Å². The molecule has 0 saturated carbocycles. The van der Waals surface area contributed by atoms with Crippen molar-refractivity contribution in [1.82, 2.24) is 9.55 Å². The van der Waals surface area contributed by atoms with Crippen LogP contribution in [-0.2, 0) is 13.2 Å². The zero-order valence-corrected chi connectivity index (χ0v) is 15.0. The normalized spacial score (nSPS) is 10.8. The molecule has 3 aromatic rings. The lowest BCUT2D eigenvalue weighted by molar-refractivity contribution is 0.102. The van der Waals surface area contributed by atoms with Crippen LogP contribution in [0.1, 0.15) is 21.6 Å². The summed E-state index contributed by atoms with van der Waals surface area (Å²) in [5, 5.41) is 10.9. The molecular weight excluding hydrogens is 356 g/mol. The summed E-state index contributed by atoms with van der Waals surface area (Å²) in [5.74, 6) is 0.291. The molecule has 1 N–H and O–H groups in total. The van der Waals surface area contributed by atoms with E-state index in [0.29, 0.717) is 17.1 Å². The summed E-state index contributed by atoms with van der Waals surface area (Å²) >= 11 is 7.22. The fraction of sp³-hybridized carbons (Fsp3) is 0.158. The van der Waals surface area contributed by atoms with E-state index in [1.54, 1.807) is 30.5 Å². The number of halogens is 1. The zero-order valence-electron chi connectivity index (χ0n) is 13.4. The van der Waals surface area contributed by atoms with Gasteiger partial charge in [-0.05, 0) is 29.8 Å². The second-order valence-corrected chi connectivity index (χ2v) is 6.86. The molecule has 0 bridgehead atoms. The van der Waals surface area contributed by atoms with Crippen molar-refractivity contribution in [2.24, 2.45) is 0 Å². The van der Waals surface area contributed by atoms with Gasteiger partial charge in [0.25, 0.3) is 0 Å². The smallest absolute Gasteiger partial charge is 0.173 e. The lowest BCUT2D eigenvalue weighted by Crippen LogP contribution is -2.08. The van der Waals surface area contributed by atoms with Crippen molar-refractivity contribution in [2.45, 2.75) is 18.3 Å². The third-order valence-corrected chi connectivity index (χ3v) is 4.99. The van der Waals surface area contributed by atoms with Crippen LogP contribution in [0.5, 0.6) is 0 Å². The number of carbonyl (C=O) groups excluding carboxylic acids is 1. The van der Waals surface area contributed by atoms with Crippen LogP contribution in [0.3, 0.4) is 0 Å². The highest BCUT2D eigenvalue weighted by atomic mass is 35.5. The molecule has 25 heavy (non-hydrogen) atoms. The van der Waals surface area contributed by atoms with E-state index < -0.39 is 0 Å². The van der Waals surface area contributed by atoms with E-state index in [9.17, 15) is 9.90 Å². The lowest BCUT2D eigenvalue weighted by atomic mass is 10.1. The minimum Gasteiger partial charge on any atom is -0.390 e. The fourth-order valence-electron chi connectivity index (χ4n) is 2.42. The average molecular weight is 373 g/mol. The second-order valence-electron chi connectivity index (χ2n) is 5.48. The number of aromatic nitrogens is 2. The third kappa shape index (κ3) is 4.51. The molecule has 3 rings (SSSR count). The van der Waals surface area contributed by atoms with Crippen molar-refractivity contribution in [1.29, 1.82) is 0 Å². The van der Waals surface area contributed by atoms with Crippen molar-refractivity contribution in [2.75, 3.05) is 5.75 Å². The van der Waals surface area contributed by atoms with Crippen LogP contribution in [0.4, 0.5) is 0 Å². The van der Waals surface area contributed by atoms with Crippen molar-refractivity contribution in [3.8, 4) is 0 Å². The van der Waals surface area contributed by atoms with Crippen LogP contribution in [0, 0.1) is 0 Å². The first-order valence-electron chi connectivity index (χ1n) is 7.78. The van der Waals surface area contributed by atoms with Crippen molar-refractivity contribution in [3.05, 3.63) is 82.6 Å². The Morgan fingerprint density at radius 1 is 1.12 bits per heavy atom. The first kappa shape index (κ1) is 17.7. The molecule has 4 nitrogen and oxygen atoms in total. The van der Waals surface area contributed by atoms with Gasteiger partial charge in [0.15, 0.2) is 10.9 Å². The van der Waals surface area contributed by atoms with Gasteiger partial charge in [0.05, 0.1) is 24.3 Å². The Labute approximate surface area is 155 Å². The Kier molecular flexibility index (Phi) is 5.91. The molecule has 0 atom stereocenters. The number of benzene rings is 2. The SMILES string of the molecule is O=C(CSc1ncc(CO)n1Cc1ccccc1)c1ccc(Cl)cc1. The number of rotatable bonds is 7. The van der Waals surface area contributed by atoms with Crippen LogP contribution in [0.25, 0.3) is 0 Å². The highest BCUT2D eigenvalue weighted by Gasteiger charge is 2.13. The predicted octanol–water partition coefficient (Wildman–Crippen LogP) is 4.05. The number of aliphatic hydroxyl groups is 1. The molecular formula is C19H17ClN2O2S. The summed E-state index contributed by atoms with van der Waals surface area (Å²) < 4.78 is 1.94. The number of nitrogens with zero attached hydrogens (tertiary/aromatic N) is 2. The summed E-state index contributed by atoms with van der Waals surface area (Å²) in [4.78, 5) is 16.7. The number of thioether (sulfide) groups is 1. The topological polar surface area (TPSA) is 55.1 Å². The quantitative estimate of drug-likeness (QED) is 0.502. The number of imidazole rings is 1. The van der Waals surface area contributed by atoms with Gasteiger partial charge in [0.1, 0.15) is 0 Å². The van der Waals surface area contributed by atoms with Gasteiger partial charge < -0.3 is 9.67 Å². The van der Waals surface area contributed by atoms with Gasteiger partial charge in [-0.25, -0.2) is 4.98 Å². The van der Waals surface area contributed by atoms with Gasteiger partial charge in [0, 0.05) is 17.1 Å². The maximum atomic E-state index is 12.3. The van der Waals surface area contributed by atoms with Gasteiger partial charge >= 0.3 is 0 Å². The summed E-state index contributed by atoms with van der Waals surface area (Å²) in [6.07, 6.45) is 1.65. The Morgan fingerprint density at radius 3 is 2.52 bits per heavy atom. The molecule has 0 saturated heterocycles. The Morgan fingerprint density at radius 2 is 1.84 bits per heavy atom. The molecule has 0 amide bonds. The first-order valence-corrected chi connectivity index (χ1v) is 9.14. The first-order chi connectivity index (χ1) is 12.2. The summed E-state index contributed by atoms with van der Waals surface area (Å²) in [5.41, 5.74) is 2.46. The molecule has 1 heterocycles. The number of hydrogen-bond donors (Lipinski definition) is 1.